The molecule has 1 aromatic heterocycles. The first-order valence-corrected chi connectivity index (χ1v) is 8.78. The SMILES string of the molecule is COC(=O)c1ccc(Nc2nccc(NCCc3ccc(Cl)cc3)n2)cc1. The van der Waals surface area contributed by atoms with Crippen molar-refractivity contribution >= 4 is 35.0 Å². The third-order valence-electron chi connectivity index (χ3n) is 3.85. The lowest BCUT2D eigenvalue weighted by atomic mass is 10.1. The van der Waals surface area contributed by atoms with Crippen molar-refractivity contribution in [3.8, 4) is 0 Å². The lowest BCUT2D eigenvalue weighted by Gasteiger charge is -2.09. The average molecular weight is 383 g/mol. The van der Waals surface area contributed by atoms with Gasteiger partial charge in [0.05, 0.1) is 12.7 Å². The van der Waals surface area contributed by atoms with Crippen molar-refractivity contribution in [1.82, 2.24) is 9.97 Å². The van der Waals surface area contributed by atoms with Gasteiger partial charge in [0.1, 0.15) is 5.82 Å². The molecule has 0 saturated carbocycles. The van der Waals surface area contributed by atoms with Crippen molar-refractivity contribution < 1.29 is 9.53 Å². The first-order chi connectivity index (χ1) is 13.1. The molecule has 1 heterocycles. The Morgan fingerprint density at radius 3 is 2.52 bits per heavy atom. The summed E-state index contributed by atoms with van der Waals surface area (Å²) in [6.45, 7) is 0.742. The van der Waals surface area contributed by atoms with E-state index in [1.807, 2.05) is 30.3 Å². The molecular weight excluding hydrogens is 364 g/mol. The van der Waals surface area contributed by atoms with Gasteiger partial charge in [-0.25, -0.2) is 9.78 Å². The number of methoxy groups -OCH3 is 1. The molecule has 0 bridgehead atoms. The molecule has 0 amide bonds. The van der Waals surface area contributed by atoms with E-state index in [2.05, 4.69) is 25.3 Å². The molecule has 0 radical (unpaired) electrons. The second-order valence-electron chi connectivity index (χ2n) is 5.76. The van der Waals surface area contributed by atoms with Crippen LogP contribution in [0.3, 0.4) is 0 Å². The van der Waals surface area contributed by atoms with Crippen LogP contribution in [-0.2, 0) is 11.2 Å². The van der Waals surface area contributed by atoms with Crippen LogP contribution in [0.25, 0.3) is 0 Å². The highest BCUT2D eigenvalue weighted by atomic mass is 35.5. The third-order valence-corrected chi connectivity index (χ3v) is 4.10. The Bertz CT molecular complexity index is 899. The van der Waals surface area contributed by atoms with Crippen LogP contribution in [0.5, 0.6) is 0 Å². The Hall–Kier alpha value is -3.12. The van der Waals surface area contributed by atoms with Crippen LogP contribution < -0.4 is 10.6 Å². The summed E-state index contributed by atoms with van der Waals surface area (Å²) < 4.78 is 4.69. The van der Waals surface area contributed by atoms with Gasteiger partial charge in [-0.1, -0.05) is 23.7 Å². The number of hydrogen-bond donors (Lipinski definition) is 2. The average Bonchev–Trinajstić information content (AvgIpc) is 2.70. The molecule has 0 aliphatic rings. The van der Waals surface area contributed by atoms with Crippen LogP contribution in [0.4, 0.5) is 17.5 Å². The van der Waals surface area contributed by atoms with Crippen LogP contribution >= 0.6 is 11.6 Å². The fourth-order valence-electron chi connectivity index (χ4n) is 2.44. The molecule has 0 aliphatic heterocycles. The van der Waals surface area contributed by atoms with Gasteiger partial charge in [0.15, 0.2) is 0 Å². The van der Waals surface area contributed by atoms with Crippen LogP contribution in [0.2, 0.25) is 5.02 Å². The van der Waals surface area contributed by atoms with Gasteiger partial charge >= 0.3 is 5.97 Å². The highest BCUT2D eigenvalue weighted by Gasteiger charge is 2.05. The predicted molar refractivity (Wildman–Crippen MR) is 107 cm³/mol. The van der Waals surface area contributed by atoms with Gasteiger partial charge in [-0.15, -0.1) is 0 Å². The number of nitrogens with zero attached hydrogens (tertiary/aromatic N) is 2. The van der Waals surface area contributed by atoms with E-state index in [4.69, 9.17) is 11.6 Å². The minimum atomic E-state index is -0.371. The fourth-order valence-corrected chi connectivity index (χ4v) is 2.57. The molecule has 0 spiro atoms. The molecule has 0 aliphatic carbocycles. The van der Waals surface area contributed by atoms with Gasteiger partial charge in [-0.3, -0.25) is 0 Å². The van der Waals surface area contributed by atoms with Crippen molar-refractivity contribution in [3.05, 3.63) is 76.9 Å². The molecule has 138 valence electrons. The van der Waals surface area contributed by atoms with E-state index in [0.717, 1.165) is 29.5 Å². The standard InChI is InChI=1S/C20H19ClN4O2/c1-27-19(26)15-4-8-17(9-5-15)24-20-23-13-11-18(25-20)22-12-10-14-2-6-16(21)7-3-14/h2-9,11,13H,10,12H2,1H3,(H2,22,23,24,25). The number of rotatable bonds is 7. The zero-order valence-corrected chi connectivity index (χ0v) is 15.5. The van der Waals surface area contributed by atoms with E-state index in [1.165, 1.54) is 12.7 Å². The van der Waals surface area contributed by atoms with Crippen LogP contribution in [0, 0.1) is 0 Å². The van der Waals surface area contributed by atoms with E-state index >= 15 is 0 Å². The molecule has 7 heteroatoms. The lowest BCUT2D eigenvalue weighted by Crippen LogP contribution is -2.08. The number of aromatic nitrogens is 2. The van der Waals surface area contributed by atoms with E-state index < -0.39 is 0 Å². The summed E-state index contributed by atoms with van der Waals surface area (Å²) in [7, 11) is 1.35. The van der Waals surface area contributed by atoms with E-state index in [-0.39, 0.29) is 5.97 Å². The Labute approximate surface area is 162 Å². The Kier molecular flexibility index (Phi) is 6.22. The van der Waals surface area contributed by atoms with Crippen LogP contribution in [0.15, 0.2) is 60.8 Å². The first-order valence-electron chi connectivity index (χ1n) is 8.41. The Morgan fingerprint density at radius 2 is 1.81 bits per heavy atom. The lowest BCUT2D eigenvalue weighted by molar-refractivity contribution is 0.0601. The Morgan fingerprint density at radius 1 is 1.07 bits per heavy atom. The number of nitrogens with one attached hydrogen (secondary N) is 2. The quantitative estimate of drug-likeness (QED) is 0.593. The van der Waals surface area contributed by atoms with Crippen molar-refractivity contribution in [1.29, 1.82) is 0 Å². The number of halogens is 1. The number of carbonyl (C=O) groups is 1. The van der Waals surface area contributed by atoms with Crippen LogP contribution in [0.1, 0.15) is 15.9 Å². The van der Waals surface area contributed by atoms with Crippen molar-refractivity contribution in [2.75, 3.05) is 24.3 Å². The summed E-state index contributed by atoms with van der Waals surface area (Å²) in [6.07, 6.45) is 2.54. The summed E-state index contributed by atoms with van der Waals surface area (Å²) in [6, 6.07) is 16.5. The number of anilines is 3. The van der Waals surface area contributed by atoms with Gasteiger partial charge in [0, 0.05) is 23.5 Å². The van der Waals surface area contributed by atoms with E-state index in [9.17, 15) is 4.79 Å². The largest absolute Gasteiger partial charge is 0.465 e. The molecule has 0 unspecified atom stereocenters. The maximum absolute atomic E-state index is 11.5. The number of carbonyl (C=O) groups excluding carboxylic acids is 1. The zero-order chi connectivity index (χ0) is 19.1. The van der Waals surface area contributed by atoms with Gasteiger partial charge in [0.25, 0.3) is 0 Å². The monoisotopic (exact) mass is 382 g/mol. The summed E-state index contributed by atoms with van der Waals surface area (Å²) in [4.78, 5) is 20.1. The minimum absolute atomic E-state index is 0.371. The normalized spacial score (nSPS) is 10.3. The summed E-state index contributed by atoms with van der Waals surface area (Å²) >= 11 is 5.89. The molecule has 0 saturated heterocycles. The smallest absolute Gasteiger partial charge is 0.337 e. The maximum Gasteiger partial charge on any atom is 0.337 e. The van der Waals surface area contributed by atoms with Gasteiger partial charge in [0.2, 0.25) is 5.95 Å². The molecule has 0 fully saturated rings. The highest BCUT2D eigenvalue weighted by molar-refractivity contribution is 6.30. The van der Waals surface area contributed by atoms with Gasteiger partial charge < -0.3 is 15.4 Å². The Balaban J connectivity index is 1.56. The second kappa shape index (κ2) is 9.00. The summed E-state index contributed by atoms with van der Waals surface area (Å²) in [5, 5.41) is 7.13. The molecular formula is C20H19ClN4O2. The van der Waals surface area contributed by atoms with Gasteiger partial charge in [-0.05, 0) is 54.4 Å². The number of hydrogen-bond acceptors (Lipinski definition) is 6. The topological polar surface area (TPSA) is 76.1 Å². The number of esters is 1. The summed E-state index contributed by atoms with van der Waals surface area (Å²) in [5.41, 5.74) is 2.47. The van der Waals surface area contributed by atoms with E-state index in [0.29, 0.717) is 11.5 Å². The van der Waals surface area contributed by atoms with Gasteiger partial charge in [-0.2, -0.15) is 4.98 Å². The summed E-state index contributed by atoms with van der Waals surface area (Å²) in [5.74, 6) is 0.828. The molecule has 2 aromatic carbocycles. The number of ether oxygens (including phenoxy) is 1. The minimum Gasteiger partial charge on any atom is -0.465 e. The molecule has 0 atom stereocenters. The number of benzene rings is 2. The fraction of sp³-hybridized carbons (Fsp3) is 0.150. The van der Waals surface area contributed by atoms with Crippen molar-refractivity contribution in [2.45, 2.75) is 6.42 Å². The zero-order valence-electron chi connectivity index (χ0n) is 14.8. The molecule has 3 rings (SSSR count). The van der Waals surface area contributed by atoms with E-state index in [1.54, 1.807) is 30.5 Å². The predicted octanol–water partition coefficient (Wildman–Crippen LogP) is 4.31. The second-order valence-corrected chi connectivity index (χ2v) is 6.20. The maximum atomic E-state index is 11.5. The van der Waals surface area contributed by atoms with Crippen LogP contribution in [-0.4, -0.2) is 29.6 Å². The molecule has 6 nitrogen and oxygen atoms in total. The highest BCUT2D eigenvalue weighted by Crippen LogP contribution is 2.16. The first kappa shape index (κ1) is 18.7. The molecule has 27 heavy (non-hydrogen) atoms. The van der Waals surface area contributed by atoms with Crippen molar-refractivity contribution in [3.63, 3.8) is 0 Å². The van der Waals surface area contributed by atoms with Crippen molar-refractivity contribution in [2.24, 2.45) is 0 Å². The molecule has 2 N–H and O–H groups in total. The molecule has 3 aromatic rings. The third kappa shape index (κ3) is 5.43.